The van der Waals surface area contributed by atoms with Gasteiger partial charge in [0.1, 0.15) is 5.75 Å². The molecule has 0 bridgehead atoms. The number of ether oxygens (including phenoxy) is 1. The van der Waals surface area contributed by atoms with Gasteiger partial charge in [0.25, 0.3) is 0 Å². The molecule has 1 aliphatic heterocycles. The first kappa shape index (κ1) is 22.6. The topological polar surface area (TPSA) is 69.2 Å². The molecule has 0 radical (unpaired) electrons. The van der Waals surface area contributed by atoms with Crippen molar-refractivity contribution in [1.29, 1.82) is 0 Å². The lowest BCUT2D eigenvalue weighted by molar-refractivity contribution is -0.121. The maximum atomic E-state index is 11.7. The van der Waals surface area contributed by atoms with E-state index < -0.39 is 0 Å². The SMILES string of the molecule is CN=C(NCCCC(=O)NC1CC1)N1CCN(c2ccc(OC)cc2)CC1.I. The standard InChI is InChI=1S/C20H31N5O2.HI/c1-21-20(22-11-3-4-19(26)23-16-5-6-16)25-14-12-24(13-15-25)17-7-9-18(27-2)10-8-17;/h7-10,16H,3-6,11-15H2,1-2H3,(H,21,22)(H,23,26);1H. The van der Waals surface area contributed by atoms with Crippen molar-refractivity contribution >= 4 is 41.5 Å². The Morgan fingerprint density at radius 3 is 2.43 bits per heavy atom. The van der Waals surface area contributed by atoms with Gasteiger partial charge in [-0.25, -0.2) is 0 Å². The van der Waals surface area contributed by atoms with Crippen LogP contribution in [0.2, 0.25) is 0 Å². The highest BCUT2D eigenvalue weighted by molar-refractivity contribution is 14.0. The number of benzene rings is 1. The van der Waals surface area contributed by atoms with Crippen molar-refractivity contribution in [2.75, 3.05) is 51.8 Å². The second kappa shape index (κ2) is 11.3. The van der Waals surface area contributed by atoms with E-state index >= 15 is 0 Å². The molecular formula is C20H32IN5O2. The van der Waals surface area contributed by atoms with Crippen molar-refractivity contribution in [2.24, 2.45) is 4.99 Å². The van der Waals surface area contributed by atoms with Gasteiger partial charge in [0.15, 0.2) is 5.96 Å². The molecule has 0 spiro atoms. The van der Waals surface area contributed by atoms with Crippen molar-refractivity contribution < 1.29 is 9.53 Å². The molecule has 156 valence electrons. The summed E-state index contributed by atoms with van der Waals surface area (Å²) in [7, 11) is 3.50. The largest absolute Gasteiger partial charge is 0.497 e. The van der Waals surface area contributed by atoms with Crippen LogP contribution in [0.3, 0.4) is 0 Å². The van der Waals surface area contributed by atoms with E-state index in [1.807, 2.05) is 19.2 Å². The maximum Gasteiger partial charge on any atom is 0.220 e. The number of rotatable bonds is 7. The molecule has 7 nitrogen and oxygen atoms in total. The lowest BCUT2D eigenvalue weighted by Crippen LogP contribution is -2.52. The first-order valence-corrected chi connectivity index (χ1v) is 9.83. The molecule has 2 N–H and O–H groups in total. The number of amides is 1. The Labute approximate surface area is 184 Å². The summed E-state index contributed by atoms with van der Waals surface area (Å²) in [5, 5.41) is 6.42. The fourth-order valence-corrected chi connectivity index (χ4v) is 3.28. The molecule has 2 aliphatic rings. The summed E-state index contributed by atoms with van der Waals surface area (Å²) in [4.78, 5) is 20.8. The van der Waals surface area contributed by atoms with Crippen LogP contribution in [0.4, 0.5) is 5.69 Å². The van der Waals surface area contributed by atoms with E-state index in [1.54, 1.807) is 7.11 Å². The van der Waals surface area contributed by atoms with Crippen LogP contribution in [0.25, 0.3) is 0 Å². The van der Waals surface area contributed by atoms with Gasteiger partial charge in [0.05, 0.1) is 7.11 Å². The van der Waals surface area contributed by atoms with E-state index in [2.05, 4.69) is 37.6 Å². The van der Waals surface area contributed by atoms with Crippen LogP contribution in [0.1, 0.15) is 25.7 Å². The quantitative estimate of drug-likeness (QED) is 0.259. The Morgan fingerprint density at radius 2 is 1.86 bits per heavy atom. The second-order valence-corrected chi connectivity index (χ2v) is 7.09. The number of piperazine rings is 1. The minimum absolute atomic E-state index is 0. The van der Waals surface area contributed by atoms with Crippen LogP contribution in [-0.4, -0.2) is 69.7 Å². The zero-order valence-corrected chi connectivity index (χ0v) is 19.1. The van der Waals surface area contributed by atoms with E-state index in [0.29, 0.717) is 12.5 Å². The number of carbonyl (C=O) groups is 1. The average Bonchev–Trinajstić information content (AvgIpc) is 3.52. The van der Waals surface area contributed by atoms with E-state index in [9.17, 15) is 4.79 Å². The summed E-state index contributed by atoms with van der Waals surface area (Å²) in [6.45, 7) is 4.53. The van der Waals surface area contributed by atoms with Crippen molar-refractivity contribution in [3.05, 3.63) is 24.3 Å². The highest BCUT2D eigenvalue weighted by Crippen LogP contribution is 2.20. The normalized spacial score (nSPS) is 17.0. The lowest BCUT2D eigenvalue weighted by Gasteiger charge is -2.37. The first-order valence-electron chi connectivity index (χ1n) is 9.83. The number of aliphatic imine (C=N–C) groups is 1. The van der Waals surface area contributed by atoms with Crippen LogP contribution in [0.5, 0.6) is 5.75 Å². The Balaban J connectivity index is 0.00000280. The number of hydrogen-bond donors (Lipinski definition) is 2. The summed E-state index contributed by atoms with van der Waals surface area (Å²) in [5.41, 5.74) is 1.22. The van der Waals surface area contributed by atoms with E-state index in [0.717, 1.165) is 63.7 Å². The molecular weight excluding hydrogens is 469 g/mol. The highest BCUT2D eigenvalue weighted by atomic mass is 127. The molecule has 3 rings (SSSR count). The molecule has 1 aliphatic carbocycles. The minimum Gasteiger partial charge on any atom is -0.497 e. The monoisotopic (exact) mass is 501 g/mol. The number of anilines is 1. The second-order valence-electron chi connectivity index (χ2n) is 7.09. The predicted molar refractivity (Wildman–Crippen MR) is 124 cm³/mol. The van der Waals surface area contributed by atoms with Crippen molar-refractivity contribution in [3.8, 4) is 5.75 Å². The zero-order chi connectivity index (χ0) is 19.1. The molecule has 1 saturated carbocycles. The van der Waals surface area contributed by atoms with Gasteiger partial charge in [-0.15, -0.1) is 24.0 Å². The molecule has 0 atom stereocenters. The molecule has 8 heteroatoms. The third-order valence-corrected chi connectivity index (χ3v) is 5.03. The lowest BCUT2D eigenvalue weighted by atomic mass is 10.2. The number of hydrogen-bond acceptors (Lipinski definition) is 4. The van der Waals surface area contributed by atoms with Crippen molar-refractivity contribution in [3.63, 3.8) is 0 Å². The van der Waals surface area contributed by atoms with Gasteiger partial charge < -0.3 is 25.2 Å². The van der Waals surface area contributed by atoms with Crippen LogP contribution >= 0.6 is 24.0 Å². The molecule has 1 amide bonds. The number of nitrogens with one attached hydrogen (secondary N) is 2. The molecule has 1 heterocycles. The minimum atomic E-state index is 0. The number of methoxy groups -OCH3 is 1. The molecule has 1 aromatic carbocycles. The molecule has 28 heavy (non-hydrogen) atoms. The molecule has 0 aromatic heterocycles. The molecule has 2 fully saturated rings. The van der Waals surface area contributed by atoms with Gasteiger partial charge in [-0.05, 0) is 43.5 Å². The van der Waals surface area contributed by atoms with Crippen LogP contribution in [0, 0.1) is 0 Å². The van der Waals surface area contributed by atoms with Gasteiger partial charge in [-0.3, -0.25) is 9.79 Å². The molecule has 1 saturated heterocycles. The van der Waals surface area contributed by atoms with Crippen molar-refractivity contribution in [2.45, 2.75) is 31.7 Å². The van der Waals surface area contributed by atoms with Gasteiger partial charge in [-0.1, -0.05) is 0 Å². The van der Waals surface area contributed by atoms with Crippen molar-refractivity contribution in [1.82, 2.24) is 15.5 Å². The van der Waals surface area contributed by atoms with Gasteiger partial charge in [-0.2, -0.15) is 0 Å². The van der Waals surface area contributed by atoms with Gasteiger partial charge in [0.2, 0.25) is 5.91 Å². The summed E-state index contributed by atoms with van der Waals surface area (Å²) in [6, 6.07) is 8.66. The number of guanidine groups is 1. The summed E-state index contributed by atoms with van der Waals surface area (Å²) >= 11 is 0. The maximum absolute atomic E-state index is 11.7. The first-order chi connectivity index (χ1) is 13.2. The summed E-state index contributed by atoms with van der Waals surface area (Å²) in [6.07, 6.45) is 3.67. The molecule has 0 unspecified atom stereocenters. The average molecular weight is 501 g/mol. The number of carbonyl (C=O) groups excluding carboxylic acids is 1. The summed E-state index contributed by atoms with van der Waals surface area (Å²) < 4.78 is 5.23. The Kier molecular flexibility index (Phi) is 9.14. The van der Waals surface area contributed by atoms with Gasteiger partial charge in [0, 0.05) is 57.9 Å². The van der Waals surface area contributed by atoms with Gasteiger partial charge >= 0.3 is 0 Å². The fraction of sp³-hybridized carbons (Fsp3) is 0.600. The Hall–Kier alpha value is -1.71. The van der Waals surface area contributed by atoms with Crippen LogP contribution in [-0.2, 0) is 4.79 Å². The number of halogens is 1. The fourth-order valence-electron chi connectivity index (χ4n) is 3.28. The molecule has 1 aromatic rings. The van der Waals surface area contributed by atoms with E-state index in [-0.39, 0.29) is 29.9 Å². The summed E-state index contributed by atoms with van der Waals surface area (Å²) in [5.74, 6) is 1.97. The zero-order valence-electron chi connectivity index (χ0n) is 16.8. The number of nitrogens with zero attached hydrogens (tertiary/aromatic N) is 3. The third kappa shape index (κ3) is 6.72. The Bertz CT molecular complexity index is 641. The third-order valence-electron chi connectivity index (χ3n) is 5.03. The predicted octanol–water partition coefficient (Wildman–Crippen LogP) is 2.07. The van der Waals surface area contributed by atoms with E-state index in [1.165, 1.54) is 5.69 Å². The highest BCUT2D eigenvalue weighted by Gasteiger charge is 2.23. The van der Waals surface area contributed by atoms with E-state index in [4.69, 9.17) is 4.74 Å². The smallest absolute Gasteiger partial charge is 0.220 e. The van der Waals surface area contributed by atoms with Crippen LogP contribution < -0.4 is 20.3 Å². The Morgan fingerprint density at radius 1 is 1.18 bits per heavy atom. The van der Waals surface area contributed by atoms with Crippen LogP contribution in [0.15, 0.2) is 29.3 Å².